The summed E-state index contributed by atoms with van der Waals surface area (Å²) in [4.78, 5) is 1.69. The van der Waals surface area contributed by atoms with Gasteiger partial charge in [-0.25, -0.2) is 0 Å². The molecule has 2 rings (SSSR count). The zero-order valence-corrected chi connectivity index (χ0v) is 12.8. The number of piperidine rings is 1. The van der Waals surface area contributed by atoms with Gasteiger partial charge >= 0.3 is 0 Å². The Hall–Kier alpha value is -0.860. The molecule has 106 valence electrons. The van der Waals surface area contributed by atoms with Crippen LogP contribution in [0.4, 0.5) is 0 Å². The first-order chi connectivity index (χ1) is 9.07. The van der Waals surface area contributed by atoms with Gasteiger partial charge in [-0.1, -0.05) is 37.3 Å². The minimum absolute atomic E-state index is 0.460. The highest BCUT2D eigenvalue weighted by atomic mass is 15.1. The van der Waals surface area contributed by atoms with Crippen LogP contribution in [0.5, 0.6) is 0 Å². The number of benzene rings is 1. The minimum Gasteiger partial charge on any atom is -0.358 e. The van der Waals surface area contributed by atoms with Gasteiger partial charge in [-0.15, -0.1) is 0 Å². The van der Waals surface area contributed by atoms with Crippen LogP contribution in [0.3, 0.4) is 0 Å². The molecular formula is C17H30N2+2. The Kier molecular flexibility index (Phi) is 4.64. The third-order valence-corrected chi connectivity index (χ3v) is 5.30. The van der Waals surface area contributed by atoms with E-state index >= 15 is 0 Å². The van der Waals surface area contributed by atoms with Crippen molar-refractivity contribution in [3.8, 4) is 0 Å². The highest BCUT2D eigenvalue weighted by molar-refractivity contribution is 5.17. The van der Waals surface area contributed by atoms with Crippen molar-refractivity contribution < 1.29 is 10.6 Å². The predicted molar refractivity (Wildman–Crippen MR) is 79.9 cm³/mol. The third-order valence-electron chi connectivity index (χ3n) is 5.30. The average Bonchev–Trinajstić information content (AvgIpc) is 2.38. The molecule has 0 amide bonds. The maximum Gasteiger partial charge on any atom is 0.0849 e. The summed E-state index contributed by atoms with van der Waals surface area (Å²) in [6.45, 7) is 7.22. The van der Waals surface area contributed by atoms with Crippen LogP contribution in [0.1, 0.15) is 32.3 Å². The SMILES string of the molecule is C[C@@H]1C[NH+](C)[C@@H](C)C[C@]1(CC[NH3+])Cc1ccccc1. The molecule has 1 aliphatic heterocycles. The molecule has 19 heavy (non-hydrogen) atoms. The highest BCUT2D eigenvalue weighted by Crippen LogP contribution is 2.40. The van der Waals surface area contributed by atoms with Crippen molar-refractivity contribution in [2.24, 2.45) is 11.3 Å². The molecule has 1 saturated heterocycles. The molecule has 0 spiro atoms. The Balaban J connectivity index is 2.21. The number of likely N-dealkylation sites (tertiary alicyclic amines) is 1. The number of hydrogen-bond acceptors (Lipinski definition) is 0. The first-order valence-electron chi connectivity index (χ1n) is 7.73. The Morgan fingerprint density at radius 3 is 2.58 bits per heavy atom. The molecule has 0 aliphatic carbocycles. The van der Waals surface area contributed by atoms with E-state index < -0.39 is 0 Å². The molecular weight excluding hydrogens is 232 g/mol. The monoisotopic (exact) mass is 262 g/mol. The molecule has 1 aromatic rings. The number of rotatable bonds is 4. The van der Waals surface area contributed by atoms with E-state index in [0.717, 1.165) is 18.5 Å². The first kappa shape index (κ1) is 14.5. The van der Waals surface area contributed by atoms with Gasteiger partial charge in [0.2, 0.25) is 0 Å². The van der Waals surface area contributed by atoms with Gasteiger partial charge in [0.15, 0.2) is 0 Å². The standard InChI is InChI=1S/C17H28N2/c1-14-13-19(3)15(2)11-17(14,9-10-18)12-16-7-5-4-6-8-16/h4-8,14-15H,9-13,18H2,1-3H3/p+2/t14-,15+,17-/m1/s1. The summed E-state index contributed by atoms with van der Waals surface area (Å²) in [5, 5.41) is 0. The molecule has 1 unspecified atom stereocenters. The van der Waals surface area contributed by atoms with Crippen molar-refractivity contribution in [2.75, 3.05) is 20.1 Å². The van der Waals surface area contributed by atoms with Gasteiger partial charge in [0, 0.05) is 18.8 Å². The second kappa shape index (κ2) is 6.06. The summed E-state index contributed by atoms with van der Waals surface area (Å²) >= 11 is 0. The molecule has 1 heterocycles. The van der Waals surface area contributed by atoms with Gasteiger partial charge in [0.05, 0.1) is 26.2 Å². The largest absolute Gasteiger partial charge is 0.358 e. The van der Waals surface area contributed by atoms with E-state index in [1.165, 1.54) is 31.4 Å². The summed E-state index contributed by atoms with van der Waals surface area (Å²) < 4.78 is 0. The maximum atomic E-state index is 4.14. The van der Waals surface area contributed by atoms with E-state index in [4.69, 9.17) is 0 Å². The summed E-state index contributed by atoms with van der Waals surface area (Å²) in [7, 11) is 2.35. The second-order valence-corrected chi connectivity index (χ2v) is 6.68. The normalized spacial score (nSPS) is 35.3. The van der Waals surface area contributed by atoms with E-state index in [9.17, 15) is 0 Å². The van der Waals surface area contributed by atoms with Crippen LogP contribution >= 0.6 is 0 Å². The number of nitrogens with one attached hydrogen (secondary N) is 1. The summed E-state index contributed by atoms with van der Waals surface area (Å²) in [5.41, 5.74) is 6.09. The molecule has 2 nitrogen and oxygen atoms in total. The van der Waals surface area contributed by atoms with Crippen LogP contribution in [-0.2, 0) is 6.42 Å². The molecule has 4 N–H and O–H groups in total. The molecule has 1 aliphatic rings. The van der Waals surface area contributed by atoms with Crippen LogP contribution in [0.2, 0.25) is 0 Å². The first-order valence-corrected chi connectivity index (χ1v) is 7.73. The summed E-state index contributed by atoms with van der Waals surface area (Å²) in [6.07, 6.45) is 3.83. The van der Waals surface area contributed by atoms with Crippen molar-refractivity contribution in [3.05, 3.63) is 35.9 Å². The topological polar surface area (TPSA) is 32.1 Å². The van der Waals surface area contributed by atoms with Gasteiger partial charge in [-0.05, 0) is 24.3 Å². The molecule has 0 bridgehead atoms. The van der Waals surface area contributed by atoms with E-state index in [-0.39, 0.29) is 0 Å². The lowest BCUT2D eigenvalue weighted by molar-refractivity contribution is -0.916. The van der Waals surface area contributed by atoms with E-state index in [1.54, 1.807) is 4.90 Å². The smallest absolute Gasteiger partial charge is 0.0849 e. The van der Waals surface area contributed by atoms with E-state index in [1.807, 2.05) is 0 Å². The van der Waals surface area contributed by atoms with Crippen LogP contribution < -0.4 is 10.6 Å². The van der Waals surface area contributed by atoms with Crippen molar-refractivity contribution in [3.63, 3.8) is 0 Å². The lowest BCUT2D eigenvalue weighted by Gasteiger charge is -2.46. The fraction of sp³-hybridized carbons (Fsp3) is 0.647. The fourth-order valence-electron chi connectivity index (χ4n) is 3.92. The fourth-order valence-corrected chi connectivity index (χ4v) is 3.92. The van der Waals surface area contributed by atoms with E-state index in [0.29, 0.717) is 5.41 Å². The van der Waals surface area contributed by atoms with Gasteiger partial charge in [0.25, 0.3) is 0 Å². The highest BCUT2D eigenvalue weighted by Gasteiger charge is 2.44. The van der Waals surface area contributed by atoms with Crippen molar-refractivity contribution >= 4 is 0 Å². The molecule has 1 aromatic carbocycles. The number of quaternary nitrogens is 2. The Morgan fingerprint density at radius 1 is 1.26 bits per heavy atom. The zero-order chi connectivity index (χ0) is 13.9. The van der Waals surface area contributed by atoms with Gasteiger partial charge in [0.1, 0.15) is 0 Å². The molecule has 0 saturated carbocycles. The van der Waals surface area contributed by atoms with Crippen molar-refractivity contribution in [1.82, 2.24) is 0 Å². The molecule has 4 atom stereocenters. The lowest BCUT2D eigenvalue weighted by Crippen LogP contribution is -3.15. The molecule has 2 heteroatoms. The van der Waals surface area contributed by atoms with Crippen LogP contribution in [0.25, 0.3) is 0 Å². The predicted octanol–water partition coefficient (Wildman–Crippen LogP) is 0.791. The summed E-state index contributed by atoms with van der Waals surface area (Å²) in [5.74, 6) is 0.783. The molecule has 1 fully saturated rings. The van der Waals surface area contributed by atoms with Crippen molar-refractivity contribution in [2.45, 2.75) is 39.2 Å². The van der Waals surface area contributed by atoms with E-state index in [2.05, 4.69) is 57.0 Å². The maximum absolute atomic E-state index is 4.14. The summed E-state index contributed by atoms with van der Waals surface area (Å²) in [6, 6.07) is 11.8. The molecule has 0 aromatic heterocycles. The van der Waals surface area contributed by atoms with Crippen LogP contribution in [0, 0.1) is 11.3 Å². The third kappa shape index (κ3) is 3.18. The number of hydrogen-bond donors (Lipinski definition) is 2. The van der Waals surface area contributed by atoms with Gasteiger partial charge in [-0.2, -0.15) is 0 Å². The lowest BCUT2D eigenvalue weighted by atomic mass is 9.64. The Bertz CT molecular complexity index is 390. The van der Waals surface area contributed by atoms with Crippen molar-refractivity contribution in [1.29, 1.82) is 0 Å². The Morgan fingerprint density at radius 2 is 1.95 bits per heavy atom. The average molecular weight is 262 g/mol. The second-order valence-electron chi connectivity index (χ2n) is 6.68. The minimum atomic E-state index is 0.460. The Labute approximate surface area is 118 Å². The van der Waals surface area contributed by atoms with Gasteiger partial charge in [-0.3, -0.25) is 0 Å². The molecule has 0 radical (unpaired) electrons. The zero-order valence-electron chi connectivity index (χ0n) is 12.8. The van der Waals surface area contributed by atoms with Gasteiger partial charge < -0.3 is 10.6 Å². The quantitative estimate of drug-likeness (QED) is 0.804. The van der Waals surface area contributed by atoms with Crippen LogP contribution in [-0.4, -0.2) is 26.2 Å². The van der Waals surface area contributed by atoms with Crippen LogP contribution in [0.15, 0.2) is 30.3 Å².